The molecule has 6 nitrogen and oxygen atoms in total. The first-order chi connectivity index (χ1) is 13.8. The van der Waals surface area contributed by atoms with Gasteiger partial charge in [-0.05, 0) is 43.4 Å². The number of rotatable bonds is 6. The number of fused-ring (bicyclic) bond motifs is 1. The average molecular weight is 434 g/mol. The summed E-state index contributed by atoms with van der Waals surface area (Å²) >= 11 is 7.68. The highest BCUT2D eigenvalue weighted by atomic mass is 35.5. The highest BCUT2D eigenvalue weighted by Gasteiger charge is 2.41. The third kappa shape index (κ3) is 4.51. The van der Waals surface area contributed by atoms with Crippen molar-refractivity contribution in [2.24, 2.45) is 4.99 Å². The van der Waals surface area contributed by atoms with Gasteiger partial charge in [0.25, 0.3) is 0 Å². The molecular formula is C21H24ClN3O3S. The Labute approximate surface area is 180 Å². The number of hydrogen-bond donors (Lipinski definition) is 1. The third-order valence-electron chi connectivity index (χ3n) is 4.93. The molecule has 0 bridgehead atoms. The first-order valence-corrected chi connectivity index (χ1v) is 10.7. The van der Waals surface area contributed by atoms with Gasteiger partial charge < -0.3 is 15.0 Å². The Bertz CT molecular complexity index is 926. The second kappa shape index (κ2) is 9.05. The minimum Gasteiger partial charge on any atom is -0.466 e. The number of hydrogen-bond acceptors (Lipinski definition) is 6. The number of thioether (sulfide) groups is 1. The zero-order valence-corrected chi connectivity index (χ0v) is 18.4. The molecule has 2 heterocycles. The third-order valence-corrected chi connectivity index (χ3v) is 6.06. The van der Waals surface area contributed by atoms with Gasteiger partial charge in [0.15, 0.2) is 5.17 Å². The number of esters is 1. The Hall–Kier alpha value is -2.25. The Morgan fingerprint density at radius 2 is 2.17 bits per heavy atom. The summed E-state index contributed by atoms with van der Waals surface area (Å²) in [6.07, 6.45) is 1.05. The van der Waals surface area contributed by atoms with E-state index in [1.54, 1.807) is 13.0 Å². The van der Waals surface area contributed by atoms with Crippen LogP contribution in [0.15, 0.2) is 51.6 Å². The van der Waals surface area contributed by atoms with E-state index in [2.05, 4.69) is 10.3 Å². The van der Waals surface area contributed by atoms with E-state index >= 15 is 0 Å². The molecule has 0 radical (unpaired) electrons. The normalized spacial score (nSPS) is 19.3. The molecule has 2 unspecified atom stereocenters. The van der Waals surface area contributed by atoms with Gasteiger partial charge in [-0.3, -0.25) is 4.79 Å². The number of aliphatic imine (C=N–C) groups is 1. The van der Waals surface area contributed by atoms with Crippen LogP contribution in [0.1, 0.15) is 45.2 Å². The van der Waals surface area contributed by atoms with Gasteiger partial charge in [0, 0.05) is 16.8 Å². The highest BCUT2D eigenvalue weighted by molar-refractivity contribution is 8.16. The van der Waals surface area contributed by atoms with E-state index in [9.17, 15) is 9.59 Å². The number of nitrogens with one attached hydrogen (secondary N) is 1. The Kier molecular flexibility index (Phi) is 6.70. The molecule has 3 rings (SSSR count). The van der Waals surface area contributed by atoms with Crippen LogP contribution in [-0.2, 0) is 14.3 Å². The topological polar surface area (TPSA) is 71.0 Å². The number of nitrogens with zero attached hydrogens (tertiary/aromatic N) is 2. The van der Waals surface area contributed by atoms with Crippen LogP contribution in [0, 0.1) is 0 Å². The number of amides is 1. The molecule has 1 aromatic carbocycles. The number of ether oxygens (including phenoxy) is 1. The van der Waals surface area contributed by atoms with Crippen molar-refractivity contribution in [3.63, 3.8) is 0 Å². The van der Waals surface area contributed by atoms with E-state index in [-0.39, 0.29) is 18.4 Å². The quantitative estimate of drug-likeness (QED) is 0.673. The second-order valence-corrected chi connectivity index (χ2v) is 8.27. The maximum absolute atomic E-state index is 12.6. The molecule has 0 spiro atoms. The fourth-order valence-corrected chi connectivity index (χ4v) is 4.49. The van der Waals surface area contributed by atoms with Crippen molar-refractivity contribution in [2.75, 3.05) is 7.11 Å². The van der Waals surface area contributed by atoms with E-state index in [1.807, 2.05) is 42.4 Å². The zero-order valence-electron chi connectivity index (χ0n) is 16.9. The Morgan fingerprint density at radius 3 is 2.83 bits per heavy atom. The molecular weight excluding hydrogens is 410 g/mol. The summed E-state index contributed by atoms with van der Waals surface area (Å²) in [5.74, 6) is -0.515. The molecule has 0 fully saturated rings. The van der Waals surface area contributed by atoms with Crippen LogP contribution in [0.4, 0.5) is 0 Å². The molecule has 2 aliphatic rings. The molecule has 2 atom stereocenters. The Balaban J connectivity index is 2.00. The van der Waals surface area contributed by atoms with Crippen LogP contribution in [0.2, 0.25) is 5.02 Å². The van der Waals surface area contributed by atoms with Gasteiger partial charge in [0.2, 0.25) is 5.91 Å². The summed E-state index contributed by atoms with van der Waals surface area (Å²) in [5.41, 5.74) is 2.65. The molecule has 154 valence electrons. The largest absolute Gasteiger partial charge is 0.466 e. The minimum absolute atomic E-state index is 0.0665. The SMILES string of the molecule is CCC(C)NC(=O)CC1=CSC2=NC(C)=C(C(=O)OC)C(c3cccc(Cl)c3)N12. The predicted molar refractivity (Wildman–Crippen MR) is 116 cm³/mol. The summed E-state index contributed by atoms with van der Waals surface area (Å²) in [6, 6.07) is 7.00. The van der Waals surface area contributed by atoms with Crippen molar-refractivity contribution in [2.45, 2.75) is 45.7 Å². The van der Waals surface area contributed by atoms with Gasteiger partial charge in [-0.2, -0.15) is 0 Å². The number of benzene rings is 1. The van der Waals surface area contributed by atoms with Crippen LogP contribution in [0.5, 0.6) is 0 Å². The monoisotopic (exact) mass is 433 g/mol. The molecule has 0 aliphatic carbocycles. The highest BCUT2D eigenvalue weighted by Crippen LogP contribution is 2.45. The van der Waals surface area contributed by atoms with Gasteiger partial charge in [0.05, 0.1) is 30.8 Å². The molecule has 0 saturated heterocycles. The minimum atomic E-state index is -0.466. The summed E-state index contributed by atoms with van der Waals surface area (Å²) < 4.78 is 5.04. The lowest BCUT2D eigenvalue weighted by atomic mass is 9.94. The maximum atomic E-state index is 12.6. The number of halogens is 1. The summed E-state index contributed by atoms with van der Waals surface area (Å²) in [6.45, 7) is 5.79. The molecule has 1 aromatic rings. The molecule has 0 saturated carbocycles. The van der Waals surface area contributed by atoms with Gasteiger partial charge in [-0.1, -0.05) is 42.4 Å². The van der Waals surface area contributed by atoms with E-state index in [0.717, 1.165) is 22.8 Å². The predicted octanol–water partition coefficient (Wildman–Crippen LogP) is 4.39. The lowest BCUT2D eigenvalue weighted by Crippen LogP contribution is -2.39. The van der Waals surface area contributed by atoms with Crippen molar-refractivity contribution in [1.29, 1.82) is 0 Å². The van der Waals surface area contributed by atoms with Crippen molar-refractivity contribution in [3.8, 4) is 0 Å². The van der Waals surface area contributed by atoms with E-state index in [0.29, 0.717) is 16.3 Å². The first kappa shape index (κ1) is 21.5. The lowest BCUT2D eigenvalue weighted by Gasteiger charge is -2.36. The van der Waals surface area contributed by atoms with Crippen LogP contribution >= 0.6 is 23.4 Å². The van der Waals surface area contributed by atoms with Gasteiger partial charge in [0.1, 0.15) is 0 Å². The zero-order chi connectivity index (χ0) is 21.1. The number of methoxy groups -OCH3 is 1. The summed E-state index contributed by atoms with van der Waals surface area (Å²) in [5, 5.41) is 6.20. The van der Waals surface area contributed by atoms with Gasteiger partial charge in [-0.25, -0.2) is 9.79 Å². The molecule has 2 aliphatic heterocycles. The maximum Gasteiger partial charge on any atom is 0.338 e. The van der Waals surface area contributed by atoms with Gasteiger partial charge in [-0.15, -0.1) is 0 Å². The van der Waals surface area contributed by atoms with E-state index < -0.39 is 12.0 Å². The number of amidine groups is 1. The van der Waals surface area contributed by atoms with Crippen LogP contribution < -0.4 is 5.32 Å². The lowest BCUT2D eigenvalue weighted by molar-refractivity contribution is -0.136. The Morgan fingerprint density at radius 1 is 1.41 bits per heavy atom. The van der Waals surface area contributed by atoms with E-state index in [4.69, 9.17) is 16.3 Å². The molecule has 1 N–H and O–H groups in total. The number of allylic oxidation sites excluding steroid dienone is 1. The smallest absolute Gasteiger partial charge is 0.338 e. The van der Waals surface area contributed by atoms with Crippen molar-refractivity contribution < 1.29 is 14.3 Å². The summed E-state index contributed by atoms with van der Waals surface area (Å²) in [4.78, 5) is 31.7. The van der Waals surface area contributed by atoms with Crippen LogP contribution in [-0.4, -0.2) is 35.1 Å². The fourth-order valence-electron chi connectivity index (χ4n) is 3.33. The standard InChI is InChI=1S/C21H24ClN3O3S/c1-5-12(2)23-17(26)10-16-11-29-21-24-13(3)18(20(27)28-4)19(25(16)21)14-7-6-8-15(22)9-14/h6-9,11-12,19H,5,10H2,1-4H3,(H,23,26). The van der Waals surface area contributed by atoms with Gasteiger partial charge >= 0.3 is 5.97 Å². The van der Waals surface area contributed by atoms with Crippen molar-refractivity contribution >= 4 is 40.4 Å². The first-order valence-electron chi connectivity index (χ1n) is 9.43. The fraction of sp³-hybridized carbons (Fsp3) is 0.381. The molecule has 29 heavy (non-hydrogen) atoms. The van der Waals surface area contributed by atoms with Crippen LogP contribution in [0.25, 0.3) is 0 Å². The molecule has 1 amide bonds. The molecule has 8 heteroatoms. The summed E-state index contributed by atoms with van der Waals surface area (Å²) in [7, 11) is 1.35. The second-order valence-electron chi connectivity index (χ2n) is 6.99. The van der Waals surface area contributed by atoms with Crippen LogP contribution in [0.3, 0.4) is 0 Å². The van der Waals surface area contributed by atoms with E-state index in [1.165, 1.54) is 18.9 Å². The number of carbonyl (C=O) groups excluding carboxylic acids is 2. The number of carbonyl (C=O) groups is 2. The average Bonchev–Trinajstić information content (AvgIpc) is 3.07. The van der Waals surface area contributed by atoms with Crippen molar-refractivity contribution in [3.05, 3.63) is 57.2 Å². The van der Waals surface area contributed by atoms with Crippen molar-refractivity contribution in [1.82, 2.24) is 10.2 Å². The molecule has 0 aromatic heterocycles.